The summed E-state index contributed by atoms with van der Waals surface area (Å²) >= 11 is 4.74. The van der Waals surface area contributed by atoms with Gasteiger partial charge in [0.2, 0.25) is 0 Å². The summed E-state index contributed by atoms with van der Waals surface area (Å²) in [6.07, 6.45) is 0. The Balaban J connectivity index is 1.25. The van der Waals surface area contributed by atoms with Crippen LogP contribution in [-0.4, -0.2) is 27.9 Å². The number of thiazole rings is 3. The monoisotopic (exact) mass is 572 g/mol. The SMILES string of the molecule is Nc1ccc(-c2nc3ccc(-c4nc5ccc(-c6nc7ccccc7s6)cc5s4)cc3s2)cc1S(=O)(=O)O. The van der Waals surface area contributed by atoms with Crippen molar-refractivity contribution >= 4 is 80.5 Å². The summed E-state index contributed by atoms with van der Waals surface area (Å²) in [5.41, 5.74) is 11.1. The fourth-order valence-corrected chi connectivity index (χ4v) is 7.86. The van der Waals surface area contributed by atoms with E-state index >= 15 is 0 Å². The van der Waals surface area contributed by atoms with Crippen LogP contribution in [0.25, 0.3) is 62.4 Å². The summed E-state index contributed by atoms with van der Waals surface area (Å²) in [5.74, 6) is 0. The van der Waals surface area contributed by atoms with Gasteiger partial charge in [-0.3, -0.25) is 4.55 Å². The number of hydrogen-bond acceptors (Lipinski definition) is 9. The molecule has 0 fully saturated rings. The van der Waals surface area contributed by atoms with Gasteiger partial charge in [-0.2, -0.15) is 8.42 Å². The number of para-hydroxylation sites is 1. The quantitative estimate of drug-likeness (QED) is 0.167. The zero-order valence-electron chi connectivity index (χ0n) is 19.3. The molecule has 0 aliphatic carbocycles. The summed E-state index contributed by atoms with van der Waals surface area (Å²) in [6.45, 7) is 0. The lowest BCUT2D eigenvalue weighted by molar-refractivity contribution is 0.483. The average molecular weight is 573 g/mol. The van der Waals surface area contributed by atoms with Crippen molar-refractivity contribution in [3.8, 4) is 31.7 Å². The highest BCUT2D eigenvalue weighted by Gasteiger charge is 2.17. The van der Waals surface area contributed by atoms with Gasteiger partial charge >= 0.3 is 0 Å². The van der Waals surface area contributed by atoms with E-state index in [1.165, 1.54) is 23.5 Å². The summed E-state index contributed by atoms with van der Waals surface area (Å²) < 4.78 is 36.0. The van der Waals surface area contributed by atoms with Gasteiger partial charge in [0.05, 0.1) is 36.3 Å². The van der Waals surface area contributed by atoms with Crippen molar-refractivity contribution in [1.82, 2.24) is 15.0 Å². The second-order valence-electron chi connectivity index (χ2n) is 8.62. The molecule has 11 heteroatoms. The minimum absolute atomic E-state index is 0.0122. The first-order valence-corrected chi connectivity index (χ1v) is 15.3. The van der Waals surface area contributed by atoms with Crippen LogP contribution in [0.15, 0.2) is 83.8 Å². The van der Waals surface area contributed by atoms with Gasteiger partial charge in [-0.25, -0.2) is 15.0 Å². The lowest BCUT2D eigenvalue weighted by atomic mass is 10.2. The van der Waals surface area contributed by atoms with E-state index in [0.29, 0.717) is 10.6 Å². The van der Waals surface area contributed by atoms with Crippen molar-refractivity contribution in [2.45, 2.75) is 4.90 Å². The molecule has 0 amide bonds. The molecule has 0 aliphatic rings. The molecule has 0 atom stereocenters. The first-order valence-electron chi connectivity index (χ1n) is 11.4. The maximum Gasteiger partial charge on any atom is 0.296 e. The predicted octanol–water partition coefficient (Wildman–Crippen LogP) is 7.35. The topological polar surface area (TPSA) is 119 Å². The number of aromatic nitrogens is 3. The predicted molar refractivity (Wildman–Crippen MR) is 157 cm³/mol. The third-order valence-corrected chi connectivity index (χ3v) is 10.2. The smallest absolute Gasteiger partial charge is 0.296 e. The van der Waals surface area contributed by atoms with Crippen molar-refractivity contribution < 1.29 is 13.0 Å². The number of hydrogen-bond donors (Lipinski definition) is 2. The first kappa shape index (κ1) is 23.4. The van der Waals surface area contributed by atoms with Crippen molar-refractivity contribution in [2.24, 2.45) is 0 Å². The van der Waals surface area contributed by atoms with E-state index < -0.39 is 10.1 Å². The minimum atomic E-state index is -4.44. The van der Waals surface area contributed by atoms with Gasteiger partial charge in [0.15, 0.2) is 0 Å². The molecule has 0 aliphatic heterocycles. The number of rotatable bonds is 4. The normalized spacial score (nSPS) is 12.1. The molecule has 0 radical (unpaired) electrons. The van der Waals surface area contributed by atoms with Gasteiger partial charge < -0.3 is 5.73 Å². The molecule has 7 rings (SSSR count). The molecule has 7 nitrogen and oxygen atoms in total. The zero-order chi connectivity index (χ0) is 26.0. The molecule has 7 aromatic rings. The van der Waals surface area contributed by atoms with E-state index in [9.17, 15) is 13.0 Å². The number of nitrogens with two attached hydrogens (primary N) is 1. The number of benzene rings is 4. The van der Waals surface area contributed by atoms with Gasteiger partial charge in [0.25, 0.3) is 10.1 Å². The molecule has 4 aromatic carbocycles. The van der Waals surface area contributed by atoms with E-state index in [1.807, 2.05) is 42.5 Å². The van der Waals surface area contributed by atoms with Crippen LogP contribution in [0.2, 0.25) is 0 Å². The van der Waals surface area contributed by atoms with Crippen molar-refractivity contribution in [3.63, 3.8) is 0 Å². The third kappa shape index (κ3) is 4.05. The van der Waals surface area contributed by atoms with Crippen molar-refractivity contribution in [2.75, 3.05) is 5.73 Å². The fourth-order valence-electron chi connectivity index (χ4n) is 4.25. The Labute approximate surface area is 228 Å². The molecular formula is C27H16N4O3S4. The molecule has 3 N–H and O–H groups in total. The van der Waals surface area contributed by atoms with E-state index in [-0.39, 0.29) is 10.6 Å². The molecular weight excluding hydrogens is 557 g/mol. The van der Waals surface area contributed by atoms with E-state index in [2.05, 4.69) is 23.2 Å². The molecule has 3 aromatic heterocycles. The maximum absolute atomic E-state index is 11.7. The largest absolute Gasteiger partial charge is 0.398 e. The second-order valence-corrected chi connectivity index (χ2v) is 13.1. The van der Waals surface area contributed by atoms with Crippen molar-refractivity contribution in [3.05, 3.63) is 78.9 Å². The van der Waals surface area contributed by atoms with Crippen LogP contribution < -0.4 is 5.73 Å². The standard InChI is InChI=1S/C27H16N4O3S4/c28-17-8-5-16(13-24(17)38(32,33)34)27-31-20-10-7-15(12-23(20)37-27)26-30-19-9-6-14(11-22(19)36-26)25-29-18-3-1-2-4-21(18)35-25/h1-13H,28H2,(H,32,33,34). The molecule has 38 heavy (non-hydrogen) atoms. The Hall–Kier alpha value is -3.74. The molecule has 0 bridgehead atoms. The van der Waals surface area contributed by atoms with Gasteiger partial charge in [-0.1, -0.05) is 12.1 Å². The fraction of sp³-hybridized carbons (Fsp3) is 0. The van der Waals surface area contributed by atoms with Crippen LogP contribution in [0.3, 0.4) is 0 Å². The lowest BCUT2D eigenvalue weighted by Crippen LogP contribution is -2.03. The highest BCUT2D eigenvalue weighted by molar-refractivity contribution is 7.86. The van der Waals surface area contributed by atoms with E-state index in [0.717, 1.165) is 51.8 Å². The first-order chi connectivity index (χ1) is 18.3. The maximum atomic E-state index is 11.7. The van der Waals surface area contributed by atoms with Crippen LogP contribution in [0, 0.1) is 0 Å². The van der Waals surface area contributed by atoms with Crippen molar-refractivity contribution in [1.29, 1.82) is 0 Å². The van der Waals surface area contributed by atoms with Crippen LogP contribution in [0.5, 0.6) is 0 Å². The molecule has 186 valence electrons. The van der Waals surface area contributed by atoms with Gasteiger partial charge in [0.1, 0.15) is 19.9 Å². The highest BCUT2D eigenvalue weighted by atomic mass is 32.2. The minimum Gasteiger partial charge on any atom is -0.398 e. The number of nitrogens with zero attached hydrogens (tertiary/aromatic N) is 3. The van der Waals surface area contributed by atoms with Gasteiger partial charge in [0, 0.05) is 16.7 Å². The number of fused-ring (bicyclic) bond motifs is 3. The third-order valence-electron chi connectivity index (χ3n) is 6.10. The Morgan fingerprint density at radius 2 is 1.08 bits per heavy atom. The summed E-state index contributed by atoms with van der Waals surface area (Å²) in [6, 6.07) is 24.9. The Bertz CT molecular complexity index is 2110. The average Bonchev–Trinajstić information content (AvgIpc) is 3.63. The van der Waals surface area contributed by atoms with Gasteiger partial charge in [-0.05, 0) is 66.7 Å². The van der Waals surface area contributed by atoms with E-state index in [1.54, 1.807) is 28.7 Å². The van der Waals surface area contributed by atoms with Crippen LogP contribution in [0.4, 0.5) is 5.69 Å². The van der Waals surface area contributed by atoms with Crippen LogP contribution >= 0.6 is 34.0 Å². The molecule has 0 unspecified atom stereocenters. The Morgan fingerprint density at radius 3 is 1.63 bits per heavy atom. The lowest BCUT2D eigenvalue weighted by Gasteiger charge is -2.04. The number of anilines is 1. The Kier molecular flexibility index (Phi) is 5.32. The summed E-state index contributed by atoms with van der Waals surface area (Å²) in [5, 5.41) is 2.52. The summed E-state index contributed by atoms with van der Waals surface area (Å²) in [4.78, 5) is 14.0. The molecule has 0 saturated carbocycles. The second kappa shape index (κ2) is 8.65. The molecule has 0 saturated heterocycles. The molecule has 3 heterocycles. The number of nitrogen functional groups attached to an aromatic ring is 1. The van der Waals surface area contributed by atoms with E-state index in [4.69, 9.17) is 15.7 Å². The molecule has 0 spiro atoms. The zero-order valence-corrected chi connectivity index (χ0v) is 22.6. The van der Waals surface area contributed by atoms with Crippen LogP contribution in [-0.2, 0) is 10.1 Å². The highest BCUT2D eigenvalue weighted by Crippen LogP contribution is 2.38. The van der Waals surface area contributed by atoms with Crippen LogP contribution in [0.1, 0.15) is 0 Å². The van der Waals surface area contributed by atoms with Gasteiger partial charge in [-0.15, -0.1) is 34.0 Å². The Morgan fingerprint density at radius 1 is 0.605 bits per heavy atom. The summed E-state index contributed by atoms with van der Waals surface area (Å²) in [7, 11) is -4.44.